The third-order valence-electron chi connectivity index (χ3n) is 5.76. The van der Waals surface area contributed by atoms with E-state index in [1.165, 1.54) is 6.07 Å². The van der Waals surface area contributed by atoms with Crippen molar-refractivity contribution < 1.29 is 31.4 Å². The average Bonchev–Trinajstić information content (AvgIpc) is 2.87. The molecular weight excluding hydrogens is 491 g/mol. The van der Waals surface area contributed by atoms with Crippen LogP contribution in [0, 0.1) is 11.6 Å². The maximum absolute atomic E-state index is 15.2. The minimum absolute atomic E-state index is 0.286. The van der Waals surface area contributed by atoms with Crippen LogP contribution in [0.4, 0.5) is 22.0 Å². The van der Waals surface area contributed by atoms with Gasteiger partial charge in [-0.1, -0.05) is 43.7 Å². The molecule has 0 saturated carbocycles. The first-order valence-corrected chi connectivity index (χ1v) is 11.9. The molecule has 1 aromatic heterocycles. The summed E-state index contributed by atoms with van der Waals surface area (Å²) >= 11 is 0. The Morgan fingerprint density at radius 3 is 2.35 bits per heavy atom. The van der Waals surface area contributed by atoms with Gasteiger partial charge in [-0.25, -0.2) is 18.7 Å². The summed E-state index contributed by atoms with van der Waals surface area (Å²) in [4.78, 5) is 8.70. The molecule has 1 heterocycles. The van der Waals surface area contributed by atoms with E-state index in [1.807, 2.05) is 6.07 Å². The lowest BCUT2D eigenvalue weighted by molar-refractivity contribution is -0.153. The molecule has 4 nitrogen and oxygen atoms in total. The first-order chi connectivity index (χ1) is 17.7. The summed E-state index contributed by atoms with van der Waals surface area (Å²) < 4.78 is 76.3. The van der Waals surface area contributed by atoms with Crippen molar-refractivity contribution in [3.8, 4) is 22.9 Å². The molecule has 0 aliphatic heterocycles. The van der Waals surface area contributed by atoms with E-state index >= 15 is 4.39 Å². The van der Waals surface area contributed by atoms with Crippen molar-refractivity contribution in [1.29, 1.82) is 0 Å². The second-order valence-electron chi connectivity index (χ2n) is 8.59. The van der Waals surface area contributed by atoms with Crippen LogP contribution >= 0.6 is 0 Å². The summed E-state index contributed by atoms with van der Waals surface area (Å²) in [6.07, 6.45) is 1.24. The Bertz CT molecular complexity index is 1360. The number of benzene rings is 3. The standard InChI is InChI=1S/C28H25F5N2O2/c1-2-3-12-36-22-15-34-27(35-16-22)21-9-10-23-20(14-21)8-7-19(26(23)30)6-4-18-5-11-25(24(29)13-18)37-17-28(31,32)33/h5,7-11,13-16H,2-4,6,12,17H2,1H3. The zero-order valence-corrected chi connectivity index (χ0v) is 20.1. The van der Waals surface area contributed by atoms with Gasteiger partial charge in [-0.2, -0.15) is 13.2 Å². The molecule has 0 bridgehead atoms. The highest BCUT2D eigenvalue weighted by Crippen LogP contribution is 2.28. The molecule has 0 aliphatic carbocycles. The summed E-state index contributed by atoms with van der Waals surface area (Å²) in [7, 11) is 0. The van der Waals surface area contributed by atoms with E-state index in [4.69, 9.17) is 4.74 Å². The van der Waals surface area contributed by atoms with Crippen molar-refractivity contribution in [2.75, 3.05) is 13.2 Å². The largest absolute Gasteiger partial charge is 0.490 e. The lowest BCUT2D eigenvalue weighted by atomic mass is 9.99. The number of fused-ring (bicyclic) bond motifs is 1. The van der Waals surface area contributed by atoms with Gasteiger partial charge in [-0.05, 0) is 54.0 Å². The van der Waals surface area contributed by atoms with Gasteiger partial charge in [0.25, 0.3) is 0 Å². The van der Waals surface area contributed by atoms with Gasteiger partial charge in [-0.15, -0.1) is 0 Å². The molecule has 0 fully saturated rings. The van der Waals surface area contributed by atoms with Gasteiger partial charge in [0.15, 0.2) is 29.7 Å². The van der Waals surface area contributed by atoms with Gasteiger partial charge in [0.1, 0.15) is 5.82 Å². The normalized spacial score (nSPS) is 11.6. The van der Waals surface area contributed by atoms with Gasteiger partial charge in [0.2, 0.25) is 0 Å². The van der Waals surface area contributed by atoms with E-state index in [0.717, 1.165) is 30.5 Å². The van der Waals surface area contributed by atoms with Crippen LogP contribution in [0.1, 0.15) is 30.9 Å². The molecule has 4 aromatic rings. The molecule has 9 heteroatoms. The average molecular weight is 517 g/mol. The Morgan fingerprint density at radius 1 is 0.865 bits per heavy atom. The zero-order valence-electron chi connectivity index (χ0n) is 20.1. The topological polar surface area (TPSA) is 44.2 Å². The van der Waals surface area contributed by atoms with Crippen molar-refractivity contribution in [1.82, 2.24) is 9.97 Å². The fraction of sp³-hybridized carbons (Fsp3) is 0.286. The smallest absolute Gasteiger partial charge is 0.422 e. The number of alkyl halides is 3. The Hall–Kier alpha value is -3.75. The van der Waals surface area contributed by atoms with Crippen molar-refractivity contribution in [3.63, 3.8) is 0 Å². The van der Waals surface area contributed by atoms with Gasteiger partial charge in [-0.3, -0.25) is 0 Å². The van der Waals surface area contributed by atoms with E-state index in [1.54, 1.807) is 36.7 Å². The highest BCUT2D eigenvalue weighted by molar-refractivity contribution is 5.87. The van der Waals surface area contributed by atoms with Crippen molar-refractivity contribution in [3.05, 3.63) is 83.7 Å². The molecule has 0 radical (unpaired) electrons. The van der Waals surface area contributed by atoms with Crippen LogP contribution < -0.4 is 9.47 Å². The second kappa shape index (κ2) is 11.5. The van der Waals surface area contributed by atoms with Crippen LogP contribution in [0.5, 0.6) is 11.5 Å². The molecule has 4 rings (SSSR count). The van der Waals surface area contributed by atoms with Crippen molar-refractivity contribution in [2.45, 2.75) is 38.8 Å². The maximum Gasteiger partial charge on any atom is 0.422 e. The highest BCUT2D eigenvalue weighted by atomic mass is 19.4. The number of unbranched alkanes of at least 4 members (excludes halogenated alkanes) is 1. The minimum atomic E-state index is -4.56. The van der Waals surface area contributed by atoms with E-state index in [9.17, 15) is 17.6 Å². The SMILES string of the molecule is CCCCOc1cnc(-c2ccc3c(F)c(CCc4ccc(OCC(F)(F)F)c(F)c4)ccc3c2)nc1. The lowest BCUT2D eigenvalue weighted by Gasteiger charge is -2.11. The summed E-state index contributed by atoms with van der Waals surface area (Å²) in [5, 5.41) is 1.12. The quantitative estimate of drug-likeness (QED) is 0.162. The Labute approximate surface area is 211 Å². The zero-order chi connectivity index (χ0) is 26.4. The minimum Gasteiger partial charge on any atom is -0.490 e. The molecule has 0 atom stereocenters. The number of hydrogen-bond donors (Lipinski definition) is 0. The third kappa shape index (κ3) is 6.93. The summed E-state index contributed by atoms with van der Waals surface area (Å²) in [6, 6.07) is 12.4. The van der Waals surface area contributed by atoms with Crippen molar-refractivity contribution >= 4 is 10.8 Å². The van der Waals surface area contributed by atoms with Crippen LogP contribution in [0.2, 0.25) is 0 Å². The molecule has 0 saturated heterocycles. The molecule has 0 aliphatic rings. The predicted octanol–water partition coefficient (Wildman–Crippen LogP) is 7.48. The second-order valence-corrected chi connectivity index (χ2v) is 8.59. The highest BCUT2D eigenvalue weighted by Gasteiger charge is 2.29. The van der Waals surface area contributed by atoms with E-state index in [2.05, 4.69) is 21.6 Å². The number of ether oxygens (including phenoxy) is 2. The van der Waals surface area contributed by atoms with Gasteiger partial charge >= 0.3 is 6.18 Å². The van der Waals surface area contributed by atoms with E-state index in [-0.39, 0.29) is 12.2 Å². The fourth-order valence-electron chi connectivity index (χ4n) is 3.80. The van der Waals surface area contributed by atoms with E-state index < -0.39 is 24.3 Å². The monoisotopic (exact) mass is 516 g/mol. The molecule has 0 spiro atoms. The molecule has 3 aromatic carbocycles. The fourth-order valence-corrected chi connectivity index (χ4v) is 3.80. The molecular formula is C28H25F5N2O2. The number of aryl methyl sites for hydroxylation is 2. The Balaban J connectivity index is 1.44. The van der Waals surface area contributed by atoms with Crippen LogP contribution in [0.3, 0.4) is 0 Å². The predicted molar refractivity (Wildman–Crippen MR) is 131 cm³/mol. The van der Waals surface area contributed by atoms with Crippen molar-refractivity contribution in [2.24, 2.45) is 0 Å². The van der Waals surface area contributed by atoms with Gasteiger partial charge in [0, 0.05) is 10.9 Å². The first-order valence-electron chi connectivity index (χ1n) is 11.9. The van der Waals surface area contributed by atoms with Gasteiger partial charge in [0.05, 0.1) is 19.0 Å². The third-order valence-corrected chi connectivity index (χ3v) is 5.76. The molecule has 37 heavy (non-hydrogen) atoms. The summed E-state index contributed by atoms with van der Waals surface area (Å²) in [5.41, 5.74) is 1.71. The lowest BCUT2D eigenvalue weighted by Crippen LogP contribution is -2.19. The van der Waals surface area contributed by atoms with Crippen LogP contribution in [-0.4, -0.2) is 29.4 Å². The Morgan fingerprint density at radius 2 is 1.65 bits per heavy atom. The van der Waals surface area contributed by atoms with Gasteiger partial charge < -0.3 is 9.47 Å². The first kappa shape index (κ1) is 26.3. The van der Waals surface area contributed by atoms with Crippen LogP contribution in [0.15, 0.2) is 60.9 Å². The Kier molecular flexibility index (Phi) is 8.21. The summed E-state index contributed by atoms with van der Waals surface area (Å²) in [6.45, 7) is 1.11. The number of nitrogens with zero attached hydrogens (tertiary/aromatic N) is 2. The number of hydrogen-bond acceptors (Lipinski definition) is 4. The number of aromatic nitrogens is 2. The number of rotatable bonds is 10. The summed E-state index contributed by atoms with van der Waals surface area (Å²) in [5.74, 6) is -0.654. The molecule has 194 valence electrons. The molecule has 0 unspecified atom stereocenters. The molecule has 0 N–H and O–H groups in total. The molecule has 0 amide bonds. The maximum atomic E-state index is 15.2. The number of halogens is 5. The van der Waals surface area contributed by atoms with E-state index in [0.29, 0.717) is 46.5 Å². The van der Waals surface area contributed by atoms with Crippen LogP contribution in [0.25, 0.3) is 22.2 Å². The van der Waals surface area contributed by atoms with Crippen LogP contribution in [-0.2, 0) is 12.8 Å².